The van der Waals surface area contributed by atoms with Gasteiger partial charge in [-0.25, -0.2) is 0 Å². The van der Waals surface area contributed by atoms with Crippen molar-refractivity contribution in [3.63, 3.8) is 0 Å². The molecule has 0 radical (unpaired) electrons. The smallest absolute Gasteiger partial charge is 0.308 e. The van der Waals surface area contributed by atoms with Crippen molar-refractivity contribution in [1.82, 2.24) is 0 Å². The van der Waals surface area contributed by atoms with Crippen LogP contribution in [0.25, 0.3) is 5.57 Å². The Kier molecular flexibility index (Phi) is 5.05. The van der Waals surface area contributed by atoms with Crippen molar-refractivity contribution in [3.8, 4) is 0 Å². The van der Waals surface area contributed by atoms with E-state index < -0.39 is 0 Å². The van der Waals surface area contributed by atoms with Crippen LogP contribution in [0.4, 0.5) is 5.69 Å². The fraction of sp³-hybridized carbons (Fsp3) is 0.500. The number of hydrogen-bond acceptors (Lipinski definition) is 3. The number of anilines is 1. The summed E-state index contributed by atoms with van der Waals surface area (Å²) in [5.41, 5.74) is 4.62. The Balaban J connectivity index is 1.97. The van der Waals surface area contributed by atoms with Crippen molar-refractivity contribution in [2.24, 2.45) is 5.92 Å². The van der Waals surface area contributed by atoms with Crippen LogP contribution in [-0.4, -0.2) is 18.6 Å². The van der Waals surface area contributed by atoms with Crippen molar-refractivity contribution >= 4 is 17.2 Å². The van der Waals surface area contributed by atoms with Crippen LogP contribution in [0.15, 0.2) is 24.8 Å². The largest absolute Gasteiger partial charge is 0.466 e. The highest BCUT2D eigenvalue weighted by molar-refractivity contribution is 5.73. The summed E-state index contributed by atoms with van der Waals surface area (Å²) >= 11 is 0. The molecule has 1 aliphatic carbocycles. The van der Waals surface area contributed by atoms with Crippen LogP contribution < -0.4 is 5.32 Å². The van der Waals surface area contributed by atoms with Crippen LogP contribution in [0.5, 0.6) is 0 Å². The summed E-state index contributed by atoms with van der Waals surface area (Å²) in [7, 11) is 0. The molecule has 0 bridgehead atoms. The monoisotopic (exact) mass is 287 g/mol. The van der Waals surface area contributed by atoms with E-state index >= 15 is 0 Å². The van der Waals surface area contributed by atoms with Gasteiger partial charge in [-0.3, -0.25) is 4.79 Å². The van der Waals surface area contributed by atoms with Crippen LogP contribution >= 0.6 is 0 Å². The van der Waals surface area contributed by atoms with Crippen LogP contribution in [-0.2, 0) is 9.53 Å². The van der Waals surface area contributed by atoms with Gasteiger partial charge in [0.15, 0.2) is 0 Å². The fourth-order valence-electron chi connectivity index (χ4n) is 2.90. The van der Waals surface area contributed by atoms with E-state index in [0.29, 0.717) is 12.6 Å². The van der Waals surface area contributed by atoms with E-state index in [4.69, 9.17) is 4.74 Å². The lowest BCUT2D eigenvalue weighted by Gasteiger charge is -2.17. The highest BCUT2D eigenvalue weighted by Gasteiger charge is 2.30. The first-order chi connectivity index (χ1) is 10.0. The Morgan fingerprint density at radius 2 is 2.19 bits per heavy atom. The van der Waals surface area contributed by atoms with E-state index in [1.807, 2.05) is 13.8 Å². The summed E-state index contributed by atoms with van der Waals surface area (Å²) in [5, 5.41) is 3.56. The molecule has 1 aliphatic rings. The molecule has 0 spiro atoms. The molecule has 2 atom stereocenters. The molecule has 0 heterocycles. The Labute approximate surface area is 127 Å². The van der Waals surface area contributed by atoms with E-state index in [-0.39, 0.29) is 11.9 Å². The van der Waals surface area contributed by atoms with Gasteiger partial charge in [0, 0.05) is 11.7 Å². The number of allylic oxidation sites excluding steroid dienone is 1. The van der Waals surface area contributed by atoms with Gasteiger partial charge in [-0.05, 0) is 63.3 Å². The van der Waals surface area contributed by atoms with Gasteiger partial charge in [-0.2, -0.15) is 0 Å². The lowest BCUT2D eigenvalue weighted by Crippen LogP contribution is -2.20. The average molecular weight is 287 g/mol. The van der Waals surface area contributed by atoms with Gasteiger partial charge in [0.25, 0.3) is 0 Å². The number of aryl methyl sites for hydroxylation is 1. The molecular formula is C18H25NO2. The Hall–Kier alpha value is -1.77. The minimum Gasteiger partial charge on any atom is -0.466 e. The van der Waals surface area contributed by atoms with Crippen molar-refractivity contribution in [1.29, 1.82) is 0 Å². The topological polar surface area (TPSA) is 38.3 Å². The molecule has 1 N–H and O–H groups in total. The standard InChI is InChI=1S/C18H25NO2/c1-5-21-18(20)15-6-8-16(11-15)19-17-9-7-14(12(2)3)10-13(17)4/h7,9-10,15-16,19H,2,5-6,8,11H2,1,3-4H3/t15-,16+/m1/s1. The predicted molar refractivity (Wildman–Crippen MR) is 87.3 cm³/mol. The molecule has 114 valence electrons. The zero-order valence-electron chi connectivity index (χ0n) is 13.2. The molecule has 3 heteroatoms. The number of carbonyl (C=O) groups excluding carboxylic acids is 1. The number of esters is 1. The molecule has 1 aromatic carbocycles. The van der Waals surface area contributed by atoms with Crippen molar-refractivity contribution in [2.75, 3.05) is 11.9 Å². The molecule has 3 nitrogen and oxygen atoms in total. The Morgan fingerprint density at radius 1 is 1.43 bits per heavy atom. The number of rotatable bonds is 5. The number of benzene rings is 1. The Bertz CT molecular complexity index is 536. The SMILES string of the molecule is C=C(C)c1ccc(N[C@H]2CC[C@@H](C(=O)OCC)C2)c(C)c1. The summed E-state index contributed by atoms with van der Waals surface area (Å²) in [4.78, 5) is 11.8. The molecule has 21 heavy (non-hydrogen) atoms. The first-order valence-corrected chi connectivity index (χ1v) is 7.71. The molecule has 1 aromatic rings. The van der Waals surface area contributed by atoms with Crippen LogP contribution in [0, 0.1) is 12.8 Å². The maximum absolute atomic E-state index is 11.8. The molecule has 0 unspecified atom stereocenters. The van der Waals surface area contributed by atoms with Crippen molar-refractivity contribution in [2.45, 2.75) is 46.1 Å². The van der Waals surface area contributed by atoms with Gasteiger partial charge < -0.3 is 10.1 Å². The highest BCUT2D eigenvalue weighted by Crippen LogP contribution is 2.30. The van der Waals surface area contributed by atoms with Crippen LogP contribution in [0.3, 0.4) is 0 Å². The molecular weight excluding hydrogens is 262 g/mol. The summed E-state index contributed by atoms with van der Waals surface area (Å²) in [6, 6.07) is 6.71. The number of carbonyl (C=O) groups is 1. The minimum absolute atomic E-state index is 0.0452. The van der Waals surface area contributed by atoms with Gasteiger partial charge in [-0.15, -0.1) is 0 Å². The van der Waals surface area contributed by atoms with Gasteiger partial charge in [-0.1, -0.05) is 18.2 Å². The van der Waals surface area contributed by atoms with Gasteiger partial charge in [0.2, 0.25) is 0 Å². The molecule has 0 saturated heterocycles. The third-order valence-electron chi connectivity index (χ3n) is 4.13. The van der Waals surface area contributed by atoms with Crippen molar-refractivity contribution < 1.29 is 9.53 Å². The summed E-state index contributed by atoms with van der Waals surface area (Å²) in [6.07, 6.45) is 2.80. The lowest BCUT2D eigenvalue weighted by atomic mass is 10.0. The van der Waals surface area contributed by atoms with Crippen LogP contribution in [0.1, 0.15) is 44.2 Å². The van der Waals surface area contributed by atoms with E-state index in [1.165, 1.54) is 11.1 Å². The molecule has 1 saturated carbocycles. The average Bonchev–Trinajstić information content (AvgIpc) is 2.90. The second-order valence-corrected chi connectivity index (χ2v) is 5.91. The van der Waals surface area contributed by atoms with E-state index in [0.717, 1.165) is 30.5 Å². The van der Waals surface area contributed by atoms with Gasteiger partial charge >= 0.3 is 5.97 Å². The molecule has 0 aliphatic heterocycles. The van der Waals surface area contributed by atoms with E-state index in [9.17, 15) is 4.79 Å². The molecule has 0 amide bonds. The predicted octanol–water partition coefficient (Wildman–Crippen LogP) is 4.17. The third-order valence-corrected chi connectivity index (χ3v) is 4.13. The highest BCUT2D eigenvalue weighted by atomic mass is 16.5. The number of ether oxygens (including phenoxy) is 1. The summed E-state index contributed by atoms with van der Waals surface area (Å²) in [6.45, 7) is 10.4. The van der Waals surface area contributed by atoms with Crippen molar-refractivity contribution in [3.05, 3.63) is 35.9 Å². The quantitative estimate of drug-likeness (QED) is 0.826. The fourth-order valence-corrected chi connectivity index (χ4v) is 2.90. The molecule has 0 aromatic heterocycles. The summed E-state index contributed by atoms with van der Waals surface area (Å²) < 4.78 is 5.11. The van der Waals surface area contributed by atoms with Gasteiger partial charge in [0.1, 0.15) is 0 Å². The normalized spacial score (nSPS) is 21.1. The van der Waals surface area contributed by atoms with E-state index in [1.54, 1.807) is 0 Å². The third kappa shape index (κ3) is 3.87. The zero-order chi connectivity index (χ0) is 15.4. The maximum Gasteiger partial charge on any atom is 0.308 e. The first kappa shape index (κ1) is 15.6. The van der Waals surface area contributed by atoms with Crippen LogP contribution in [0.2, 0.25) is 0 Å². The second kappa shape index (κ2) is 6.79. The number of nitrogens with one attached hydrogen (secondary N) is 1. The first-order valence-electron chi connectivity index (χ1n) is 7.71. The second-order valence-electron chi connectivity index (χ2n) is 5.91. The summed E-state index contributed by atoms with van der Waals surface area (Å²) in [5.74, 6) is 0.00796. The lowest BCUT2D eigenvalue weighted by molar-refractivity contribution is -0.147. The minimum atomic E-state index is -0.0452. The van der Waals surface area contributed by atoms with E-state index in [2.05, 4.69) is 37.0 Å². The maximum atomic E-state index is 11.8. The molecule has 2 rings (SSSR count). The molecule has 1 fully saturated rings. The zero-order valence-corrected chi connectivity index (χ0v) is 13.2. The van der Waals surface area contributed by atoms with Gasteiger partial charge in [0.05, 0.1) is 12.5 Å². The number of hydrogen-bond donors (Lipinski definition) is 1. The Morgan fingerprint density at radius 3 is 2.81 bits per heavy atom.